The van der Waals surface area contributed by atoms with E-state index >= 15 is 0 Å². The van der Waals surface area contributed by atoms with Crippen LogP contribution in [0.4, 0.5) is 0 Å². The van der Waals surface area contributed by atoms with Gasteiger partial charge in [-0.15, -0.1) is 0 Å². The molecule has 0 N–H and O–H groups in total. The van der Waals surface area contributed by atoms with Gasteiger partial charge in [0.2, 0.25) is 0 Å². The van der Waals surface area contributed by atoms with Crippen molar-refractivity contribution in [3.8, 4) is 5.69 Å². The molecule has 0 radical (unpaired) electrons. The van der Waals surface area contributed by atoms with Gasteiger partial charge in [0.1, 0.15) is 0 Å². The molecule has 2 aromatic rings. The number of aryl methyl sites for hydroxylation is 1. The number of nitrogens with zero attached hydrogens (tertiary/aromatic N) is 4. The van der Waals surface area contributed by atoms with Crippen molar-refractivity contribution >= 4 is 5.91 Å². The van der Waals surface area contributed by atoms with E-state index < -0.39 is 0 Å². The van der Waals surface area contributed by atoms with Crippen molar-refractivity contribution in [2.45, 2.75) is 34.1 Å². The highest BCUT2D eigenvalue weighted by atomic mass is 16.2. The lowest BCUT2D eigenvalue weighted by molar-refractivity contribution is 0.0662. The Morgan fingerprint density at radius 1 is 1.15 bits per heavy atom. The lowest BCUT2D eigenvalue weighted by atomic mass is 10.0. The van der Waals surface area contributed by atoms with E-state index in [1.807, 2.05) is 22.6 Å². The van der Waals surface area contributed by atoms with Crippen LogP contribution in [0.15, 0.2) is 24.3 Å². The Kier molecular flexibility index (Phi) is 5.47. The first-order chi connectivity index (χ1) is 12.4. The van der Waals surface area contributed by atoms with E-state index in [1.54, 1.807) is 0 Å². The average Bonchev–Trinajstić information content (AvgIpc) is 2.90. The Labute approximate surface area is 156 Å². The normalized spacial score (nSPS) is 15.7. The first kappa shape index (κ1) is 18.6. The molecule has 1 amide bonds. The molecule has 5 nitrogen and oxygen atoms in total. The molecule has 0 spiro atoms. The summed E-state index contributed by atoms with van der Waals surface area (Å²) in [7, 11) is 2.10. The first-order valence-electron chi connectivity index (χ1n) is 9.50. The average molecular weight is 354 g/mol. The number of benzene rings is 1. The summed E-state index contributed by atoms with van der Waals surface area (Å²) >= 11 is 0. The molecular formula is C21H30N4O. The Balaban J connectivity index is 2.01. The van der Waals surface area contributed by atoms with Gasteiger partial charge in [-0.25, -0.2) is 4.68 Å². The van der Waals surface area contributed by atoms with E-state index in [9.17, 15) is 4.79 Å². The maximum Gasteiger partial charge on any atom is 0.257 e. The lowest BCUT2D eigenvalue weighted by Crippen LogP contribution is -2.47. The molecule has 1 saturated heterocycles. The van der Waals surface area contributed by atoms with E-state index in [0.717, 1.165) is 55.2 Å². The number of hydrogen-bond acceptors (Lipinski definition) is 3. The van der Waals surface area contributed by atoms with Crippen molar-refractivity contribution in [2.75, 3.05) is 33.2 Å². The third-order valence-electron chi connectivity index (χ3n) is 5.04. The van der Waals surface area contributed by atoms with Gasteiger partial charge in [0, 0.05) is 26.2 Å². The predicted molar refractivity (Wildman–Crippen MR) is 105 cm³/mol. The van der Waals surface area contributed by atoms with E-state index in [2.05, 4.69) is 50.9 Å². The third-order valence-corrected chi connectivity index (χ3v) is 5.04. The Morgan fingerprint density at radius 2 is 1.85 bits per heavy atom. The Morgan fingerprint density at radius 3 is 2.46 bits per heavy atom. The van der Waals surface area contributed by atoms with Gasteiger partial charge in [0.05, 0.1) is 22.6 Å². The zero-order valence-corrected chi connectivity index (χ0v) is 16.6. The molecule has 3 rings (SSSR count). The maximum atomic E-state index is 13.3. The Hall–Kier alpha value is -2.14. The van der Waals surface area contributed by atoms with E-state index in [-0.39, 0.29) is 5.91 Å². The molecule has 0 saturated carbocycles. The highest BCUT2D eigenvalue weighted by Crippen LogP contribution is 2.23. The van der Waals surface area contributed by atoms with E-state index in [0.29, 0.717) is 5.92 Å². The van der Waals surface area contributed by atoms with Crippen LogP contribution in [-0.2, 0) is 6.42 Å². The molecule has 26 heavy (non-hydrogen) atoms. The highest BCUT2D eigenvalue weighted by Gasteiger charge is 2.28. The summed E-state index contributed by atoms with van der Waals surface area (Å²) in [5, 5.41) is 4.85. The summed E-state index contributed by atoms with van der Waals surface area (Å²) in [6.45, 7) is 11.9. The largest absolute Gasteiger partial charge is 0.336 e. The first-order valence-corrected chi connectivity index (χ1v) is 9.50. The van der Waals surface area contributed by atoms with Gasteiger partial charge < -0.3 is 9.80 Å². The number of hydrogen-bond donors (Lipinski definition) is 0. The number of rotatable bonds is 4. The fourth-order valence-corrected chi connectivity index (χ4v) is 3.55. The molecule has 1 aliphatic heterocycles. The van der Waals surface area contributed by atoms with E-state index in [4.69, 9.17) is 5.10 Å². The van der Waals surface area contributed by atoms with Gasteiger partial charge in [-0.1, -0.05) is 26.0 Å². The lowest BCUT2D eigenvalue weighted by Gasteiger charge is -2.32. The van der Waals surface area contributed by atoms with Crippen LogP contribution >= 0.6 is 0 Å². The standard InChI is InChI=1S/C21H30N4O/c1-15(2)13-19-20(21(26)24-11-9-23(5)10-12-24)17(4)25(22-19)18-8-6-7-16(3)14-18/h6-8,14-15H,9-13H2,1-5H3. The van der Waals surface area contributed by atoms with Crippen molar-refractivity contribution in [3.05, 3.63) is 46.8 Å². The minimum atomic E-state index is 0.130. The van der Waals surface area contributed by atoms with Crippen molar-refractivity contribution in [1.29, 1.82) is 0 Å². The van der Waals surface area contributed by atoms with Crippen LogP contribution in [0, 0.1) is 19.8 Å². The molecule has 140 valence electrons. The molecule has 1 aromatic carbocycles. The maximum absolute atomic E-state index is 13.3. The molecule has 1 fully saturated rings. The second-order valence-corrected chi connectivity index (χ2v) is 7.85. The van der Waals surface area contributed by atoms with Gasteiger partial charge in [-0.2, -0.15) is 5.10 Å². The van der Waals surface area contributed by atoms with Crippen LogP contribution in [0.1, 0.15) is 41.2 Å². The zero-order chi connectivity index (χ0) is 18.8. The van der Waals surface area contributed by atoms with Crippen molar-refractivity contribution in [2.24, 2.45) is 5.92 Å². The summed E-state index contributed by atoms with van der Waals surface area (Å²) in [6, 6.07) is 8.28. The Bertz CT molecular complexity index is 785. The third kappa shape index (κ3) is 3.83. The second kappa shape index (κ2) is 7.62. The van der Waals surface area contributed by atoms with Crippen LogP contribution in [0.3, 0.4) is 0 Å². The number of aromatic nitrogens is 2. The zero-order valence-electron chi connectivity index (χ0n) is 16.6. The number of amides is 1. The summed E-state index contributed by atoms with van der Waals surface area (Å²) < 4.78 is 1.94. The number of carbonyl (C=O) groups is 1. The number of piperazine rings is 1. The van der Waals surface area contributed by atoms with Crippen LogP contribution in [-0.4, -0.2) is 58.7 Å². The fraction of sp³-hybridized carbons (Fsp3) is 0.524. The topological polar surface area (TPSA) is 41.4 Å². The predicted octanol–water partition coefficient (Wildman–Crippen LogP) is 3.08. The highest BCUT2D eigenvalue weighted by molar-refractivity contribution is 5.96. The molecule has 1 aromatic heterocycles. The molecule has 0 atom stereocenters. The van der Waals surface area contributed by atoms with Crippen LogP contribution < -0.4 is 0 Å². The van der Waals surface area contributed by atoms with Crippen LogP contribution in [0.2, 0.25) is 0 Å². The molecular weight excluding hydrogens is 324 g/mol. The summed E-state index contributed by atoms with van der Waals surface area (Å²) in [5.41, 5.74) is 4.86. The molecule has 0 aliphatic carbocycles. The van der Waals surface area contributed by atoms with Crippen molar-refractivity contribution in [1.82, 2.24) is 19.6 Å². The van der Waals surface area contributed by atoms with Crippen LogP contribution in [0.25, 0.3) is 5.69 Å². The number of carbonyl (C=O) groups excluding carboxylic acids is 1. The molecule has 2 heterocycles. The van der Waals surface area contributed by atoms with Gasteiger partial charge >= 0.3 is 0 Å². The minimum Gasteiger partial charge on any atom is -0.336 e. The number of likely N-dealkylation sites (N-methyl/N-ethyl adjacent to an activating group) is 1. The minimum absolute atomic E-state index is 0.130. The fourth-order valence-electron chi connectivity index (χ4n) is 3.55. The SMILES string of the molecule is Cc1cccc(-n2nc(CC(C)C)c(C(=O)N3CCN(C)CC3)c2C)c1. The molecule has 0 unspecified atom stereocenters. The quantitative estimate of drug-likeness (QED) is 0.847. The van der Waals surface area contributed by atoms with Gasteiger partial charge in [0.15, 0.2) is 0 Å². The second-order valence-electron chi connectivity index (χ2n) is 7.85. The smallest absolute Gasteiger partial charge is 0.257 e. The van der Waals surface area contributed by atoms with Gasteiger partial charge in [-0.3, -0.25) is 4.79 Å². The molecule has 1 aliphatic rings. The van der Waals surface area contributed by atoms with Gasteiger partial charge in [-0.05, 0) is 50.9 Å². The summed E-state index contributed by atoms with van der Waals surface area (Å²) in [5.74, 6) is 0.583. The molecule has 0 bridgehead atoms. The molecule has 5 heteroatoms. The van der Waals surface area contributed by atoms with E-state index in [1.165, 1.54) is 5.56 Å². The van der Waals surface area contributed by atoms with Crippen LogP contribution in [0.5, 0.6) is 0 Å². The van der Waals surface area contributed by atoms with Crippen molar-refractivity contribution < 1.29 is 4.79 Å². The monoisotopic (exact) mass is 354 g/mol. The van der Waals surface area contributed by atoms with Gasteiger partial charge in [0.25, 0.3) is 5.91 Å². The van der Waals surface area contributed by atoms with Crippen molar-refractivity contribution in [3.63, 3.8) is 0 Å². The summed E-state index contributed by atoms with van der Waals surface area (Å²) in [6.07, 6.45) is 0.814. The summed E-state index contributed by atoms with van der Waals surface area (Å²) in [4.78, 5) is 17.5.